The monoisotopic (exact) mass is 281 g/mol. The highest BCUT2D eigenvalue weighted by molar-refractivity contribution is 5.48. The third-order valence-corrected chi connectivity index (χ3v) is 3.07. The minimum absolute atomic E-state index is 0.00111. The molecule has 2 rings (SSSR count). The van der Waals surface area contributed by atoms with E-state index < -0.39 is 11.6 Å². The molecule has 0 aromatic carbocycles. The number of hydrogen-bond donors (Lipinski definition) is 2. The topological polar surface area (TPSA) is 50.1 Å². The van der Waals surface area contributed by atoms with Gasteiger partial charge in [-0.15, -0.1) is 0 Å². The number of aromatic nitrogens is 1. The molecular formula is C14H17F2N3O. The predicted molar refractivity (Wildman–Crippen MR) is 73.9 cm³/mol. The third-order valence-electron chi connectivity index (χ3n) is 3.07. The molecule has 0 aliphatic heterocycles. The first-order valence-electron chi connectivity index (χ1n) is 6.29. The maximum atomic E-state index is 13.7. The smallest absolute Gasteiger partial charge is 0.168 e. The highest BCUT2D eigenvalue weighted by Gasteiger charge is 2.17. The van der Waals surface area contributed by atoms with E-state index in [-0.39, 0.29) is 17.7 Å². The summed E-state index contributed by atoms with van der Waals surface area (Å²) in [5, 5.41) is 5.51. The lowest BCUT2D eigenvalue weighted by Crippen LogP contribution is -2.11. The van der Waals surface area contributed by atoms with E-state index in [1.807, 2.05) is 26.8 Å². The summed E-state index contributed by atoms with van der Waals surface area (Å²) in [7, 11) is 1.53. The van der Waals surface area contributed by atoms with Crippen molar-refractivity contribution in [2.24, 2.45) is 0 Å². The van der Waals surface area contributed by atoms with Crippen molar-refractivity contribution in [1.29, 1.82) is 0 Å². The van der Waals surface area contributed by atoms with Crippen molar-refractivity contribution in [2.75, 3.05) is 17.7 Å². The summed E-state index contributed by atoms with van der Waals surface area (Å²) in [6, 6.07) is 2.49. The quantitative estimate of drug-likeness (QED) is 0.895. The number of nitrogens with one attached hydrogen (secondary N) is 2. The first kappa shape index (κ1) is 14.3. The van der Waals surface area contributed by atoms with E-state index in [9.17, 15) is 8.78 Å². The van der Waals surface area contributed by atoms with Crippen molar-refractivity contribution < 1.29 is 13.2 Å². The van der Waals surface area contributed by atoms with Crippen LogP contribution in [0.1, 0.15) is 30.0 Å². The van der Waals surface area contributed by atoms with E-state index in [4.69, 9.17) is 4.42 Å². The summed E-state index contributed by atoms with van der Waals surface area (Å²) in [5.41, 5.74) is 0.916. The van der Waals surface area contributed by atoms with Crippen LogP contribution in [0.4, 0.5) is 20.4 Å². The van der Waals surface area contributed by atoms with Crippen molar-refractivity contribution in [3.8, 4) is 0 Å². The molecule has 4 nitrogen and oxygen atoms in total. The molecule has 108 valence electrons. The van der Waals surface area contributed by atoms with Gasteiger partial charge >= 0.3 is 0 Å². The van der Waals surface area contributed by atoms with Crippen molar-refractivity contribution in [3.63, 3.8) is 0 Å². The van der Waals surface area contributed by atoms with Crippen LogP contribution < -0.4 is 10.6 Å². The van der Waals surface area contributed by atoms with Gasteiger partial charge in [0.25, 0.3) is 0 Å². The van der Waals surface area contributed by atoms with Crippen LogP contribution >= 0.6 is 0 Å². The van der Waals surface area contributed by atoms with Crippen LogP contribution in [0.15, 0.2) is 16.5 Å². The number of aryl methyl sites for hydroxylation is 2. The second-order valence-electron chi connectivity index (χ2n) is 4.63. The van der Waals surface area contributed by atoms with Crippen LogP contribution in [0.25, 0.3) is 0 Å². The minimum Gasteiger partial charge on any atom is -0.466 e. The van der Waals surface area contributed by atoms with Gasteiger partial charge in [-0.2, -0.15) is 0 Å². The van der Waals surface area contributed by atoms with Crippen LogP contribution in [-0.4, -0.2) is 12.0 Å². The molecule has 2 heterocycles. The van der Waals surface area contributed by atoms with Crippen molar-refractivity contribution in [3.05, 3.63) is 40.9 Å². The number of pyridine rings is 1. The Hall–Kier alpha value is -2.11. The van der Waals surface area contributed by atoms with Gasteiger partial charge in [-0.05, 0) is 26.8 Å². The molecule has 0 amide bonds. The maximum absolute atomic E-state index is 13.7. The Morgan fingerprint density at radius 3 is 2.35 bits per heavy atom. The van der Waals surface area contributed by atoms with Crippen LogP contribution in [0, 0.1) is 25.5 Å². The Labute approximate surface area is 116 Å². The van der Waals surface area contributed by atoms with Gasteiger partial charge in [-0.1, -0.05) is 0 Å². The fourth-order valence-electron chi connectivity index (χ4n) is 2.11. The molecule has 1 unspecified atom stereocenters. The van der Waals surface area contributed by atoms with E-state index in [0.717, 1.165) is 23.2 Å². The van der Waals surface area contributed by atoms with E-state index in [2.05, 4.69) is 15.6 Å². The second kappa shape index (κ2) is 5.48. The number of nitrogens with zero attached hydrogens (tertiary/aromatic N) is 1. The summed E-state index contributed by atoms with van der Waals surface area (Å²) in [5.74, 6) is 0.0981. The average molecular weight is 281 g/mol. The Morgan fingerprint density at radius 2 is 1.80 bits per heavy atom. The van der Waals surface area contributed by atoms with Crippen LogP contribution in [0.3, 0.4) is 0 Å². The molecule has 6 heteroatoms. The zero-order chi connectivity index (χ0) is 14.9. The lowest BCUT2D eigenvalue weighted by molar-refractivity contribution is 0.499. The first-order valence-corrected chi connectivity index (χ1v) is 6.29. The molecule has 2 N–H and O–H groups in total. The SMILES string of the molecule is CNc1nc(NC(C)c2cc(C)oc2C)c(F)cc1F. The van der Waals surface area contributed by atoms with Gasteiger partial charge in [0.1, 0.15) is 11.5 Å². The van der Waals surface area contributed by atoms with E-state index in [0.29, 0.717) is 0 Å². The lowest BCUT2D eigenvalue weighted by Gasteiger charge is -2.15. The van der Waals surface area contributed by atoms with Crippen LogP contribution in [0.2, 0.25) is 0 Å². The lowest BCUT2D eigenvalue weighted by atomic mass is 10.1. The Balaban J connectivity index is 2.27. The molecule has 0 aliphatic carbocycles. The fourth-order valence-corrected chi connectivity index (χ4v) is 2.11. The Morgan fingerprint density at radius 1 is 1.15 bits per heavy atom. The number of halogens is 2. The Kier molecular flexibility index (Phi) is 3.92. The van der Waals surface area contributed by atoms with Gasteiger partial charge in [0.15, 0.2) is 23.3 Å². The Bertz CT molecular complexity index is 625. The molecule has 0 spiro atoms. The molecule has 0 aliphatic rings. The van der Waals surface area contributed by atoms with Gasteiger partial charge in [-0.25, -0.2) is 13.8 Å². The molecule has 2 aromatic heterocycles. The molecule has 20 heavy (non-hydrogen) atoms. The minimum atomic E-state index is -0.730. The molecule has 0 saturated carbocycles. The van der Waals surface area contributed by atoms with Gasteiger partial charge in [0, 0.05) is 18.7 Å². The molecule has 0 saturated heterocycles. The summed E-state index contributed by atoms with van der Waals surface area (Å²) in [6.07, 6.45) is 0. The number of furan rings is 1. The van der Waals surface area contributed by atoms with Crippen LogP contribution in [-0.2, 0) is 0 Å². The van der Waals surface area contributed by atoms with Gasteiger partial charge in [-0.3, -0.25) is 0 Å². The van der Waals surface area contributed by atoms with E-state index in [1.54, 1.807) is 0 Å². The summed E-state index contributed by atoms with van der Waals surface area (Å²) < 4.78 is 32.5. The zero-order valence-corrected chi connectivity index (χ0v) is 11.8. The van der Waals surface area contributed by atoms with Crippen molar-refractivity contribution in [1.82, 2.24) is 4.98 Å². The van der Waals surface area contributed by atoms with Crippen LogP contribution in [0.5, 0.6) is 0 Å². The number of hydrogen-bond acceptors (Lipinski definition) is 4. The van der Waals surface area contributed by atoms with Gasteiger partial charge in [0.2, 0.25) is 0 Å². The third kappa shape index (κ3) is 2.74. The molecule has 2 aromatic rings. The predicted octanol–water partition coefficient (Wildman–Crippen LogP) is 3.78. The molecule has 1 atom stereocenters. The summed E-state index contributed by atoms with van der Waals surface area (Å²) in [4.78, 5) is 3.89. The van der Waals surface area contributed by atoms with E-state index in [1.165, 1.54) is 7.05 Å². The fraction of sp³-hybridized carbons (Fsp3) is 0.357. The normalized spacial score (nSPS) is 12.3. The van der Waals surface area contributed by atoms with Crippen molar-refractivity contribution in [2.45, 2.75) is 26.8 Å². The zero-order valence-electron chi connectivity index (χ0n) is 11.8. The standard InChI is InChI=1S/C14H17F2N3O/c1-7-5-10(9(3)20-7)8(2)18-14-12(16)6-11(15)13(17-4)19-14/h5-6,8H,1-4H3,(H2,17,18,19). The summed E-state index contributed by atoms with van der Waals surface area (Å²) in [6.45, 7) is 5.55. The van der Waals surface area contributed by atoms with Crippen molar-refractivity contribution >= 4 is 11.6 Å². The molecule has 0 fully saturated rings. The number of rotatable bonds is 4. The molecule has 0 radical (unpaired) electrons. The van der Waals surface area contributed by atoms with Gasteiger partial charge in [0.05, 0.1) is 6.04 Å². The summed E-state index contributed by atoms with van der Waals surface area (Å²) >= 11 is 0. The molecule has 0 bridgehead atoms. The second-order valence-corrected chi connectivity index (χ2v) is 4.63. The molecular weight excluding hydrogens is 264 g/mol. The largest absolute Gasteiger partial charge is 0.466 e. The number of anilines is 2. The highest BCUT2D eigenvalue weighted by Crippen LogP contribution is 2.26. The van der Waals surface area contributed by atoms with Gasteiger partial charge < -0.3 is 15.1 Å². The highest BCUT2D eigenvalue weighted by atomic mass is 19.1. The van der Waals surface area contributed by atoms with E-state index >= 15 is 0 Å². The average Bonchev–Trinajstić information content (AvgIpc) is 2.71. The maximum Gasteiger partial charge on any atom is 0.168 e. The first-order chi connectivity index (χ1) is 9.42.